The van der Waals surface area contributed by atoms with Crippen molar-refractivity contribution in [3.63, 3.8) is 0 Å². The molecule has 0 atom stereocenters. The zero-order chi connectivity index (χ0) is 14.5. The standard InChI is InChI=1S/C10H11Cl2NO5S/c11-8-2-1-7(5-9(8)12)19(16,17)13-3-4-18-6-10(14)15/h1-2,5,13H,3-4,6H2,(H,14,15). The molecule has 0 fully saturated rings. The van der Waals surface area contributed by atoms with Crippen LogP contribution in [-0.4, -0.2) is 39.3 Å². The number of hydrogen-bond donors (Lipinski definition) is 2. The predicted octanol–water partition coefficient (Wildman–Crippen LogP) is 1.37. The van der Waals surface area contributed by atoms with Crippen LogP contribution in [0.2, 0.25) is 10.0 Å². The molecule has 0 saturated heterocycles. The summed E-state index contributed by atoms with van der Waals surface area (Å²) in [6.45, 7) is -0.572. The molecule has 0 aromatic heterocycles. The average Bonchev–Trinajstić information content (AvgIpc) is 2.31. The van der Waals surface area contributed by atoms with Crippen LogP contribution in [0, 0.1) is 0 Å². The van der Waals surface area contributed by atoms with Crippen molar-refractivity contribution in [1.82, 2.24) is 4.72 Å². The Hall–Kier alpha value is -0.860. The highest BCUT2D eigenvalue weighted by Gasteiger charge is 2.14. The minimum Gasteiger partial charge on any atom is -0.480 e. The molecule has 9 heteroatoms. The van der Waals surface area contributed by atoms with Crippen LogP contribution in [0.25, 0.3) is 0 Å². The Kier molecular flexibility index (Phi) is 6.02. The van der Waals surface area contributed by atoms with Crippen LogP contribution < -0.4 is 4.72 Å². The Balaban J connectivity index is 2.56. The van der Waals surface area contributed by atoms with E-state index in [4.69, 9.17) is 33.0 Å². The Morgan fingerprint density at radius 1 is 1.32 bits per heavy atom. The molecule has 0 radical (unpaired) electrons. The highest BCUT2D eigenvalue weighted by Crippen LogP contribution is 2.24. The summed E-state index contributed by atoms with van der Waals surface area (Å²) in [5.41, 5.74) is 0. The molecule has 0 aliphatic rings. The fraction of sp³-hybridized carbons (Fsp3) is 0.300. The second-order valence-corrected chi connectivity index (χ2v) is 6.00. The summed E-state index contributed by atoms with van der Waals surface area (Å²) >= 11 is 11.4. The lowest BCUT2D eigenvalue weighted by atomic mass is 10.4. The molecular weight excluding hydrogens is 317 g/mol. The van der Waals surface area contributed by atoms with Crippen molar-refractivity contribution in [2.75, 3.05) is 19.8 Å². The van der Waals surface area contributed by atoms with E-state index < -0.39 is 22.6 Å². The normalized spacial score (nSPS) is 11.5. The van der Waals surface area contributed by atoms with Crippen molar-refractivity contribution in [3.8, 4) is 0 Å². The maximum Gasteiger partial charge on any atom is 0.329 e. The number of carboxylic acid groups (broad SMARTS) is 1. The summed E-state index contributed by atoms with van der Waals surface area (Å²) < 4.78 is 30.6. The Morgan fingerprint density at radius 3 is 2.58 bits per heavy atom. The van der Waals surface area contributed by atoms with Gasteiger partial charge in [-0.15, -0.1) is 0 Å². The van der Waals surface area contributed by atoms with E-state index in [0.717, 1.165) is 0 Å². The Bertz CT molecular complexity index is 561. The molecule has 19 heavy (non-hydrogen) atoms. The van der Waals surface area contributed by atoms with E-state index in [2.05, 4.69) is 4.72 Å². The van der Waals surface area contributed by atoms with Crippen LogP contribution in [-0.2, 0) is 19.6 Å². The molecule has 0 bridgehead atoms. The number of carbonyl (C=O) groups is 1. The molecule has 1 aromatic carbocycles. The van der Waals surface area contributed by atoms with E-state index in [-0.39, 0.29) is 28.1 Å². The van der Waals surface area contributed by atoms with Gasteiger partial charge in [-0.2, -0.15) is 0 Å². The van der Waals surface area contributed by atoms with Crippen molar-refractivity contribution in [3.05, 3.63) is 28.2 Å². The summed E-state index contributed by atoms with van der Waals surface area (Å²) in [5, 5.41) is 8.70. The molecule has 0 aliphatic carbocycles. The van der Waals surface area contributed by atoms with Crippen molar-refractivity contribution in [2.24, 2.45) is 0 Å². The number of aliphatic carboxylic acids is 1. The van der Waals surface area contributed by atoms with E-state index in [1.807, 2.05) is 0 Å². The average molecular weight is 328 g/mol. The van der Waals surface area contributed by atoms with E-state index >= 15 is 0 Å². The first kappa shape index (κ1) is 16.2. The summed E-state index contributed by atoms with van der Waals surface area (Å²) in [4.78, 5) is 10.1. The summed E-state index contributed by atoms with van der Waals surface area (Å²) in [5.74, 6) is -1.12. The molecule has 106 valence electrons. The van der Waals surface area contributed by atoms with Gasteiger partial charge in [-0.25, -0.2) is 17.9 Å². The third kappa shape index (κ3) is 5.33. The van der Waals surface area contributed by atoms with Gasteiger partial charge < -0.3 is 9.84 Å². The first-order valence-corrected chi connectivity index (χ1v) is 7.31. The second kappa shape index (κ2) is 7.06. The smallest absolute Gasteiger partial charge is 0.329 e. The number of halogens is 2. The van der Waals surface area contributed by atoms with E-state index in [1.165, 1.54) is 18.2 Å². The van der Waals surface area contributed by atoms with Crippen LogP contribution >= 0.6 is 23.2 Å². The van der Waals surface area contributed by atoms with Crippen LogP contribution in [0.3, 0.4) is 0 Å². The van der Waals surface area contributed by atoms with Gasteiger partial charge in [-0.05, 0) is 18.2 Å². The molecule has 1 aromatic rings. The maximum atomic E-state index is 11.8. The van der Waals surface area contributed by atoms with Gasteiger partial charge in [0.05, 0.1) is 21.5 Å². The molecule has 0 saturated carbocycles. The topological polar surface area (TPSA) is 92.7 Å². The summed E-state index contributed by atoms with van der Waals surface area (Å²) in [6.07, 6.45) is 0. The summed E-state index contributed by atoms with van der Waals surface area (Å²) in [6, 6.07) is 3.92. The third-order valence-electron chi connectivity index (χ3n) is 1.97. The van der Waals surface area contributed by atoms with Gasteiger partial charge >= 0.3 is 5.97 Å². The van der Waals surface area contributed by atoms with Gasteiger partial charge in [0.25, 0.3) is 0 Å². The number of hydrogen-bond acceptors (Lipinski definition) is 4. The van der Waals surface area contributed by atoms with Gasteiger partial charge in [0.2, 0.25) is 10.0 Å². The van der Waals surface area contributed by atoms with Crippen molar-refractivity contribution in [2.45, 2.75) is 4.90 Å². The maximum absolute atomic E-state index is 11.8. The second-order valence-electron chi connectivity index (χ2n) is 3.42. The Morgan fingerprint density at radius 2 is 2.00 bits per heavy atom. The third-order valence-corrected chi connectivity index (χ3v) is 4.16. The van der Waals surface area contributed by atoms with E-state index in [1.54, 1.807) is 0 Å². The van der Waals surface area contributed by atoms with Crippen LogP contribution in [0.4, 0.5) is 0 Å². The molecule has 2 N–H and O–H groups in total. The zero-order valence-corrected chi connectivity index (χ0v) is 11.9. The lowest BCUT2D eigenvalue weighted by Gasteiger charge is -2.07. The zero-order valence-electron chi connectivity index (χ0n) is 9.60. The quantitative estimate of drug-likeness (QED) is 0.738. The molecule has 0 aliphatic heterocycles. The van der Waals surface area contributed by atoms with Gasteiger partial charge in [0.15, 0.2) is 0 Å². The highest BCUT2D eigenvalue weighted by atomic mass is 35.5. The minimum absolute atomic E-state index is 0.0277. The molecule has 0 amide bonds. The number of sulfonamides is 1. The molecule has 0 heterocycles. The largest absolute Gasteiger partial charge is 0.480 e. The van der Waals surface area contributed by atoms with Gasteiger partial charge in [-0.1, -0.05) is 23.2 Å². The first-order chi connectivity index (χ1) is 8.83. The van der Waals surface area contributed by atoms with Crippen molar-refractivity contribution in [1.29, 1.82) is 0 Å². The summed E-state index contributed by atoms with van der Waals surface area (Å²) in [7, 11) is -3.72. The fourth-order valence-corrected chi connectivity index (χ4v) is 2.54. The Labute approximate surface area is 120 Å². The van der Waals surface area contributed by atoms with Crippen LogP contribution in [0.1, 0.15) is 0 Å². The van der Waals surface area contributed by atoms with Crippen molar-refractivity contribution < 1.29 is 23.1 Å². The molecule has 1 rings (SSSR count). The minimum atomic E-state index is -3.72. The van der Waals surface area contributed by atoms with Crippen LogP contribution in [0.5, 0.6) is 0 Å². The lowest BCUT2D eigenvalue weighted by molar-refractivity contribution is -0.142. The molecular formula is C10H11Cl2NO5S. The lowest BCUT2D eigenvalue weighted by Crippen LogP contribution is -2.28. The molecule has 0 spiro atoms. The monoisotopic (exact) mass is 327 g/mol. The first-order valence-electron chi connectivity index (χ1n) is 5.07. The van der Waals surface area contributed by atoms with E-state index in [9.17, 15) is 13.2 Å². The fourth-order valence-electron chi connectivity index (χ4n) is 1.14. The van der Waals surface area contributed by atoms with Crippen LogP contribution in [0.15, 0.2) is 23.1 Å². The van der Waals surface area contributed by atoms with Gasteiger partial charge in [0, 0.05) is 6.54 Å². The van der Waals surface area contributed by atoms with Gasteiger partial charge in [0.1, 0.15) is 6.61 Å². The SMILES string of the molecule is O=C(O)COCCNS(=O)(=O)c1ccc(Cl)c(Cl)c1. The molecule has 6 nitrogen and oxygen atoms in total. The highest BCUT2D eigenvalue weighted by molar-refractivity contribution is 7.89. The van der Waals surface area contributed by atoms with Crippen molar-refractivity contribution >= 4 is 39.2 Å². The predicted molar refractivity (Wildman–Crippen MR) is 70.1 cm³/mol. The number of benzene rings is 1. The van der Waals surface area contributed by atoms with Gasteiger partial charge in [-0.3, -0.25) is 0 Å². The number of nitrogens with one attached hydrogen (secondary N) is 1. The number of ether oxygens (including phenoxy) is 1. The van der Waals surface area contributed by atoms with E-state index in [0.29, 0.717) is 0 Å². The number of carboxylic acids is 1. The number of rotatable bonds is 7. The molecule has 0 unspecified atom stereocenters.